The van der Waals surface area contributed by atoms with Gasteiger partial charge in [0.05, 0.1) is 6.10 Å². The average molecular weight is 233 g/mol. The van der Waals surface area contributed by atoms with E-state index in [0.29, 0.717) is 12.0 Å². The molecule has 1 saturated carbocycles. The molecule has 0 aromatic heterocycles. The molecule has 2 rings (SSSR count). The molecule has 17 heavy (non-hydrogen) atoms. The van der Waals surface area contributed by atoms with E-state index in [0.717, 1.165) is 6.42 Å². The van der Waals surface area contributed by atoms with E-state index in [2.05, 4.69) is 57.3 Å². The van der Waals surface area contributed by atoms with E-state index >= 15 is 0 Å². The lowest BCUT2D eigenvalue weighted by Crippen LogP contribution is -2.57. The molecule has 1 aromatic rings. The predicted molar refractivity (Wildman–Crippen MR) is 72.3 cm³/mol. The van der Waals surface area contributed by atoms with Crippen LogP contribution in [0.5, 0.6) is 0 Å². The monoisotopic (exact) mass is 233 g/mol. The molecule has 0 heterocycles. The van der Waals surface area contributed by atoms with Crippen molar-refractivity contribution in [1.29, 1.82) is 0 Å². The number of para-hydroxylation sites is 1. The van der Waals surface area contributed by atoms with Gasteiger partial charge in [0.15, 0.2) is 0 Å². The molecule has 0 amide bonds. The molecule has 2 heteroatoms. The zero-order valence-corrected chi connectivity index (χ0v) is 11.2. The Kier molecular flexibility index (Phi) is 3.17. The molecular weight excluding hydrogens is 210 g/mol. The Morgan fingerprint density at radius 2 is 1.94 bits per heavy atom. The van der Waals surface area contributed by atoms with Crippen LogP contribution in [-0.2, 0) is 0 Å². The fraction of sp³-hybridized carbons (Fsp3) is 0.600. The summed E-state index contributed by atoms with van der Waals surface area (Å²) in [6.45, 7) is 8.66. The van der Waals surface area contributed by atoms with E-state index in [1.807, 2.05) is 0 Å². The first kappa shape index (κ1) is 12.4. The summed E-state index contributed by atoms with van der Waals surface area (Å²) < 4.78 is 0. The lowest BCUT2D eigenvalue weighted by Gasteiger charge is -2.50. The first-order valence-corrected chi connectivity index (χ1v) is 6.46. The number of nitrogens with one attached hydrogen (secondary N) is 1. The third-order valence-electron chi connectivity index (χ3n) is 4.13. The van der Waals surface area contributed by atoms with Crippen molar-refractivity contribution in [2.24, 2.45) is 5.41 Å². The minimum absolute atomic E-state index is 0.0237. The number of aliphatic hydroxyl groups is 1. The smallest absolute Gasteiger partial charge is 0.0630 e. The van der Waals surface area contributed by atoms with Crippen LogP contribution in [0.25, 0.3) is 0 Å². The number of hydrogen-bond acceptors (Lipinski definition) is 2. The molecule has 1 aliphatic rings. The van der Waals surface area contributed by atoms with Gasteiger partial charge in [-0.2, -0.15) is 0 Å². The summed E-state index contributed by atoms with van der Waals surface area (Å²) in [6.07, 6.45) is 0.672. The zero-order chi connectivity index (χ0) is 12.6. The molecule has 2 unspecified atom stereocenters. The van der Waals surface area contributed by atoms with Crippen molar-refractivity contribution in [3.63, 3.8) is 0 Å². The molecule has 2 N–H and O–H groups in total. The summed E-state index contributed by atoms with van der Waals surface area (Å²) in [6, 6.07) is 8.83. The van der Waals surface area contributed by atoms with Crippen LogP contribution in [0.15, 0.2) is 24.3 Å². The van der Waals surface area contributed by atoms with Gasteiger partial charge in [-0.1, -0.05) is 45.9 Å². The fourth-order valence-corrected chi connectivity index (χ4v) is 2.47. The Labute approximate surface area is 104 Å². The van der Waals surface area contributed by atoms with Crippen molar-refractivity contribution in [2.75, 3.05) is 5.32 Å². The van der Waals surface area contributed by atoms with E-state index < -0.39 is 0 Å². The second kappa shape index (κ2) is 4.34. The molecular formula is C15H23NO. The van der Waals surface area contributed by atoms with Crippen LogP contribution in [0.4, 0.5) is 5.69 Å². The Morgan fingerprint density at radius 3 is 2.47 bits per heavy atom. The van der Waals surface area contributed by atoms with Gasteiger partial charge in [0.2, 0.25) is 0 Å². The minimum atomic E-state index is -0.175. The molecule has 0 saturated heterocycles. The maximum Gasteiger partial charge on any atom is 0.0630 e. The van der Waals surface area contributed by atoms with Crippen LogP contribution in [0, 0.1) is 5.41 Å². The number of rotatable bonds is 3. The van der Waals surface area contributed by atoms with E-state index in [1.165, 1.54) is 11.3 Å². The maximum atomic E-state index is 9.76. The average Bonchev–Trinajstić information content (AvgIpc) is 2.29. The molecule has 1 aliphatic carbocycles. The Morgan fingerprint density at radius 1 is 1.29 bits per heavy atom. The van der Waals surface area contributed by atoms with Crippen molar-refractivity contribution in [2.45, 2.75) is 52.2 Å². The number of benzene rings is 1. The quantitative estimate of drug-likeness (QED) is 0.839. The first-order chi connectivity index (χ1) is 7.93. The number of aliphatic hydroxyl groups excluding tert-OH is 1. The molecule has 1 aromatic carbocycles. The van der Waals surface area contributed by atoms with E-state index in [4.69, 9.17) is 0 Å². The molecule has 0 radical (unpaired) electrons. The van der Waals surface area contributed by atoms with Crippen molar-refractivity contribution >= 4 is 5.69 Å². The van der Waals surface area contributed by atoms with Crippen molar-refractivity contribution in [3.8, 4) is 0 Å². The van der Waals surface area contributed by atoms with Crippen LogP contribution in [0.2, 0.25) is 0 Å². The maximum absolute atomic E-state index is 9.76. The van der Waals surface area contributed by atoms with Gasteiger partial charge in [0.25, 0.3) is 0 Å². The second-order valence-electron chi connectivity index (χ2n) is 6.01. The summed E-state index contributed by atoms with van der Waals surface area (Å²) in [5.74, 6) is 0.520. The SMILES string of the molecule is CC(C)c1ccccc1NC1CC(O)C1(C)C. The highest BCUT2D eigenvalue weighted by atomic mass is 16.3. The summed E-state index contributed by atoms with van der Waals surface area (Å²) in [7, 11) is 0. The number of anilines is 1. The molecule has 2 atom stereocenters. The molecule has 0 spiro atoms. The lowest BCUT2D eigenvalue weighted by atomic mass is 9.64. The zero-order valence-electron chi connectivity index (χ0n) is 11.2. The summed E-state index contributed by atoms with van der Waals surface area (Å²) in [5, 5.41) is 13.4. The van der Waals surface area contributed by atoms with Crippen LogP contribution in [0.1, 0.15) is 45.6 Å². The molecule has 2 nitrogen and oxygen atoms in total. The summed E-state index contributed by atoms with van der Waals surface area (Å²) >= 11 is 0. The van der Waals surface area contributed by atoms with E-state index in [1.54, 1.807) is 0 Å². The molecule has 0 aliphatic heterocycles. The third-order valence-corrected chi connectivity index (χ3v) is 4.13. The Hall–Kier alpha value is -1.02. The highest BCUT2D eigenvalue weighted by molar-refractivity contribution is 5.54. The summed E-state index contributed by atoms with van der Waals surface area (Å²) in [4.78, 5) is 0. The third kappa shape index (κ3) is 2.19. The van der Waals surface area contributed by atoms with Gasteiger partial charge in [0.1, 0.15) is 0 Å². The molecule has 0 bridgehead atoms. The normalized spacial score (nSPS) is 26.7. The van der Waals surface area contributed by atoms with Gasteiger partial charge < -0.3 is 10.4 Å². The minimum Gasteiger partial charge on any atom is -0.392 e. The number of hydrogen-bond donors (Lipinski definition) is 2. The summed E-state index contributed by atoms with van der Waals surface area (Å²) in [5.41, 5.74) is 2.54. The van der Waals surface area contributed by atoms with Gasteiger partial charge in [-0.05, 0) is 24.0 Å². The van der Waals surface area contributed by atoms with Gasteiger partial charge in [-0.3, -0.25) is 0 Å². The van der Waals surface area contributed by atoms with Gasteiger partial charge in [-0.25, -0.2) is 0 Å². The molecule has 94 valence electrons. The Balaban J connectivity index is 2.15. The first-order valence-electron chi connectivity index (χ1n) is 6.46. The van der Waals surface area contributed by atoms with Gasteiger partial charge >= 0.3 is 0 Å². The van der Waals surface area contributed by atoms with Gasteiger partial charge in [0, 0.05) is 17.1 Å². The van der Waals surface area contributed by atoms with Crippen LogP contribution >= 0.6 is 0 Å². The van der Waals surface area contributed by atoms with Crippen LogP contribution < -0.4 is 5.32 Å². The van der Waals surface area contributed by atoms with Crippen LogP contribution in [-0.4, -0.2) is 17.3 Å². The topological polar surface area (TPSA) is 32.3 Å². The fourth-order valence-electron chi connectivity index (χ4n) is 2.47. The lowest BCUT2D eigenvalue weighted by molar-refractivity contribution is -0.0510. The largest absolute Gasteiger partial charge is 0.392 e. The predicted octanol–water partition coefficient (Wildman–Crippen LogP) is 3.38. The Bertz CT molecular complexity index is 398. The second-order valence-corrected chi connectivity index (χ2v) is 6.01. The van der Waals surface area contributed by atoms with Gasteiger partial charge in [-0.15, -0.1) is 0 Å². The highest BCUT2D eigenvalue weighted by Gasteiger charge is 2.47. The van der Waals surface area contributed by atoms with Crippen molar-refractivity contribution < 1.29 is 5.11 Å². The van der Waals surface area contributed by atoms with Crippen molar-refractivity contribution in [3.05, 3.63) is 29.8 Å². The van der Waals surface area contributed by atoms with E-state index in [9.17, 15) is 5.11 Å². The molecule has 1 fully saturated rings. The van der Waals surface area contributed by atoms with Crippen LogP contribution in [0.3, 0.4) is 0 Å². The van der Waals surface area contributed by atoms with E-state index in [-0.39, 0.29) is 11.5 Å². The highest BCUT2D eigenvalue weighted by Crippen LogP contribution is 2.42. The standard InChI is InChI=1S/C15H23NO/c1-10(2)11-7-5-6-8-12(11)16-13-9-14(17)15(13,3)4/h5-8,10,13-14,16-17H,9H2,1-4H3. The van der Waals surface area contributed by atoms with Crippen molar-refractivity contribution in [1.82, 2.24) is 0 Å².